The van der Waals surface area contributed by atoms with Crippen molar-refractivity contribution in [3.05, 3.63) is 0 Å². The third kappa shape index (κ3) is 4.45. The average molecular weight is 263 g/mol. The van der Waals surface area contributed by atoms with Gasteiger partial charge in [-0.1, -0.05) is 6.42 Å². The fourth-order valence-corrected chi connectivity index (χ4v) is 2.66. The van der Waals surface area contributed by atoms with Crippen LogP contribution in [-0.4, -0.2) is 31.2 Å². The monoisotopic (exact) mass is 262 g/mol. The van der Waals surface area contributed by atoms with E-state index in [0.29, 0.717) is 18.9 Å². The van der Waals surface area contributed by atoms with E-state index >= 15 is 0 Å². The van der Waals surface area contributed by atoms with Crippen molar-refractivity contribution < 1.29 is 9.53 Å². The molecule has 100 valence electrons. The molecule has 1 aliphatic carbocycles. The molecule has 5 heteroatoms. The van der Waals surface area contributed by atoms with Crippen molar-refractivity contribution in [3.63, 3.8) is 0 Å². The maximum atomic E-state index is 11.7. The summed E-state index contributed by atoms with van der Waals surface area (Å²) in [5.74, 6) is 0.530. The van der Waals surface area contributed by atoms with Crippen LogP contribution in [0.25, 0.3) is 0 Å². The Morgan fingerprint density at radius 2 is 2.12 bits per heavy atom. The van der Waals surface area contributed by atoms with Crippen molar-refractivity contribution in [2.75, 3.05) is 13.2 Å². The third-order valence-electron chi connectivity index (χ3n) is 3.72. The van der Waals surface area contributed by atoms with Crippen LogP contribution < -0.4 is 11.1 Å². The lowest BCUT2D eigenvalue weighted by atomic mass is 10.00. The summed E-state index contributed by atoms with van der Waals surface area (Å²) in [5.41, 5.74) is 5.94. The van der Waals surface area contributed by atoms with Crippen LogP contribution in [0.2, 0.25) is 0 Å². The molecule has 0 bridgehead atoms. The highest BCUT2D eigenvalue weighted by Crippen LogP contribution is 2.26. The number of halogens is 1. The predicted molar refractivity (Wildman–Crippen MR) is 69.2 cm³/mol. The highest BCUT2D eigenvalue weighted by molar-refractivity contribution is 5.85. The summed E-state index contributed by atoms with van der Waals surface area (Å²) in [4.78, 5) is 11.7. The zero-order valence-electron chi connectivity index (χ0n) is 10.2. The van der Waals surface area contributed by atoms with Crippen LogP contribution in [0.3, 0.4) is 0 Å². The van der Waals surface area contributed by atoms with Gasteiger partial charge in [0.15, 0.2) is 0 Å². The lowest BCUT2D eigenvalue weighted by Crippen LogP contribution is -2.35. The molecule has 2 rings (SSSR count). The first-order valence-electron chi connectivity index (χ1n) is 6.39. The van der Waals surface area contributed by atoms with Crippen molar-refractivity contribution in [2.24, 2.45) is 11.7 Å². The Hall–Kier alpha value is -0.320. The van der Waals surface area contributed by atoms with Gasteiger partial charge in [0.25, 0.3) is 0 Å². The Morgan fingerprint density at radius 3 is 2.71 bits per heavy atom. The van der Waals surface area contributed by atoms with Crippen LogP contribution >= 0.6 is 12.4 Å². The second-order valence-electron chi connectivity index (χ2n) is 5.00. The molecule has 3 atom stereocenters. The fourth-order valence-electron chi connectivity index (χ4n) is 2.66. The number of hydrogen-bond donors (Lipinski definition) is 2. The molecule has 1 saturated heterocycles. The van der Waals surface area contributed by atoms with Crippen molar-refractivity contribution in [1.82, 2.24) is 5.32 Å². The molecule has 2 fully saturated rings. The van der Waals surface area contributed by atoms with Crippen LogP contribution in [0.4, 0.5) is 0 Å². The van der Waals surface area contributed by atoms with Crippen LogP contribution in [0.5, 0.6) is 0 Å². The molecule has 4 nitrogen and oxygen atoms in total. The first kappa shape index (κ1) is 14.7. The van der Waals surface area contributed by atoms with Crippen molar-refractivity contribution in [2.45, 2.75) is 50.7 Å². The maximum absolute atomic E-state index is 11.7. The zero-order chi connectivity index (χ0) is 11.4. The Bertz CT molecular complexity index is 245. The Balaban J connectivity index is 0.00000144. The van der Waals surface area contributed by atoms with Crippen molar-refractivity contribution >= 4 is 18.3 Å². The Labute approximate surface area is 109 Å². The number of ether oxygens (including phenoxy) is 1. The van der Waals surface area contributed by atoms with Gasteiger partial charge in [-0.25, -0.2) is 0 Å². The van der Waals surface area contributed by atoms with Gasteiger partial charge in [-0.15, -0.1) is 12.4 Å². The van der Waals surface area contributed by atoms with E-state index in [-0.39, 0.29) is 30.5 Å². The number of nitrogens with one attached hydrogen (secondary N) is 1. The molecule has 0 radical (unpaired) electrons. The van der Waals surface area contributed by atoms with E-state index in [1.165, 1.54) is 6.42 Å². The molecule has 0 aromatic heterocycles. The van der Waals surface area contributed by atoms with E-state index in [2.05, 4.69) is 5.32 Å². The second kappa shape index (κ2) is 7.19. The van der Waals surface area contributed by atoms with Gasteiger partial charge in [-0.2, -0.15) is 0 Å². The van der Waals surface area contributed by atoms with Crippen LogP contribution in [0.15, 0.2) is 0 Å². The van der Waals surface area contributed by atoms with Gasteiger partial charge in [0.05, 0.1) is 6.10 Å². The first-order valence-corrected chi connectivity index (χ1v) is 6.39. The highest BCUT2D eigenvalue weighted by Gasteiger charge is 2.26. The summed E-state index contributed by atoms with van der Waals surface area (Å²) < 4.78 is 5.46. The Kier molecular flexibility index (Phi) is 6.23. The summed E-state index contributed by atoms with van der Waals surface area (Å²) in [5, 5.41) is 2.95. The van der Waals surface area contributed by atoms with Gasteiger partial charge < -0.3 is 15.8 Å². The number of hydrogen-bond acceptors (Lipinski definition) is 3. The quantitative estimate of drug-likeness (QED) is 0.801. The standard InChI is InChI=1S/C12H22N2O2.ClH/c13-11-5-1-3-9(11)7-12(15)14-8-10-4-2-6-16-10;/h9-11H,1-8,13H2,(H,14,15);1H/t9-,10?,11+;/m0./s1. The smallest absolute Gasteiger partial charge is 0.220 e. The summed E-state index contributed by atoms with van der Waals surface area (Å²) >= 11 is 0. The van der Waals surface area contributed by atoms with Crippen molar-refractivity contribution in [1.29, 1.82) is 0 Å². The largest absolute Gasteiger partial charge is 0.376 e. The first-order chi connectivity index (χ1) is 7.75. The van der Waals surface area contributed by atoms with E-state index in [9.17, 15) is 4.79 Å². The maximum Gasteiger partial charge on any atom is 0.220 e. The number of rotatable bonds is 4. The van der Waals surface area contributed by atoms with Crippen molar-refractivity contribution in [3.8, 4) is 0 Å². The minimum absolute atomic E-state index is 0. The van der Waals surface area contributed by atoms with Crippen LogP contribution in [0.1, 0.15) is 38.5 Å². The molecule has 1 amide bonds. The molecule has 0 spiro atoms. The lowest BCUT2D eigenvalue weighted by molar-refractivity contribution is -0.122. The predicted octanol–water partition coefficient (Wildman–Crippen LogP) is 1.22. The van der Waals surface area contributed by atoms with Gasteiger partial charge >= 0.3 is 0 Å². The van der Waals surface area contributed by atoms with Gasteiger partial charge in [0.2, 0.25) is 5.91 Å². The van der Waals surface area contributed by atoms with Gasteiger partial charge in [-0.3, -0.25) is 4.79 Å². The minimum Gasteiger partial charge on any atom is -0.376 e. The summed E-state index contributed by atoms with van der Waals surface area (Å²) in [6, 6.07) is 0.230. The van der Waals surface area contributed by atoms with E-state index < -0.39 is 0 Å². The molecule has 2 aliphatic rings. The summed E-state index contributed by atoms with van der Waals surface area (Å²) in [6.07, 6.45) is 6.37. The molecule has 1 saturated carbocycles. The molecule has 1 aliphatic heterocycles. The number of carbonyl (C=O) groups is 1. The summed E-state index contributed by atoms with van der Waals surface area (Å²) in [7, 11) is 0. The molecule has 3 N–H and O–H groups in total. The number of amides is 1. The fraction of sp³-hybridized carbons (Fsp3) is 0.917. The minimum atomic E-state index is 0. The molecule has 17 heavy (non-hydrogen) atoms. The second-order valence-corrected chi connectivity index (χ2v) is 5.00. The molecule has 1 heterocycles. The van der Waals surface area contributed by atoms with Gasteiger partial charge in [-0.05, 0) is 31.6 Å². The van der Waals surface area contributed by atoms with Gasteiger partial charge in [0, 0.05) is 25.6 Å². The zero-order valence-corrected chi connectivity index (χ0v) is 11.0. The lowest BCUT2D eigenvalue weighted by Gasteiger charge is -2.16. The van der Waals surface area contributed by atoms with E-state index in [1.807, 2.05) is 0 Å². The normalized spacial score (nSPS) is 32.2. The number of carbonyl (C=O) groups excluding carboxylic acids is 1. The summed E-state index contributed by atoms with van der Waals surface area (Å²) in [6.45, 7) is 1.51. The van der Waals surface area contributed by atoms with Gasteiger partial charge in [0.1, 0.15) is 0 Å². The molecule has 1 unspecified atom stereocenters. The molecular weight excluding hydrogens is 240 g/mol. The average Bonchev–Trinajstić information content (AvgIpc) is 2.88. The van der Waals surface area contributed by atoms with E-state index in [1.54, 1.807) is 0 Å². The molecule has 0 aromatic rings. The van der Waals surface area contributed by atoms with E-state index in [0.717, 1.165) is 32.3 Å². The third-order valence-corrected chi connectivity index (χ3v) is 3.72. The van der Waals surface area contributed by atoms with Crippen LogP contribution in [0, 0.1) is 5.92 Å². The number of nitrogens with two attached hydrogens (primary N) is 1. The topological polar surface area (TPSA) is 64.4 Å². The SMILES string of the molecule is Cl.N[C@@H]1CCC[C@H]1CC(=O)NCC1CCCO1. The van der Waals surface area contributed by atoms with Crippen LogP contribution in [-0.2, 0) is 9.53 Å². The Morgan fingerprint density at radius 1 is 1.29 bits per heavy atom. The molecular formula is C12H23ClN2O2. The van der Waals surface area contributed by atoms with E-state index in [4.69, 9.17) is 10.5 Å². The highest BCUT2D eigenvalue weighted by atomic mass is 35.5. The molecule has 0 aromatic carbocycles.